The molecule has 240 valence electrons. The van der Waals surface area contributed by atoms with Gasteiger partial charge in [-0.2, -0.15) is 0 Å². The molecule has 0 bridgehead atoms. The zero-order chi connectivity index (χ0) is 34.1. The highest BCUT2D eigenvalue weighted by Gasteiger charge is 2.49. The van der Waals surface area contributed by atoms with E-state index in [0.717, 1.165) is 24.0 Å². The molecule has 0 saturated carbocycles. The fourth-order valence-electron chi connectivity index (χ4n) is 7.47. The van der Waals surface area contributed by atoms with E-state index in [1.807, 2.05) is 55.4 Å². The number of hydrogen-bond donors (Lipinski definition) is 0. The summed E-state index contributed by atoms with van der Waals surface area (Å²) in [5.41, 5.74) is 1.13. The Morgan fingerprint density at radius 3 is 1.07 bits per heavy atom. The van der Waals surface area contributed by atoms with Crippen molar-refractivity contribution in [1.82, 2.24) is 0 Å². The van der Waals surface area contributed by atoms with Gasteiger partial charge in [-0.15, -0.1) is 0 Å². The maximum atomic E-state index is 11.7. The molecule has 0 saturated heterocycles. The minimum absolute atomic E-state index is 0.0891. The van der Waals surface area contributed by atoms with Gasteiger partial charge >= 0.3 is 0 Å². The first-order valence-electron chi connectivity index (χ1n) is 14.8. The molecule has 4 rings (SSSR count). The highest BCUT2D eigenvalue weighted by molar-refractivity contribution is 5.67. The Bertz CT molecular complexity index is 1470. The van der Waals surface area contributed by atoms with Crippen molar-refractivity contribution >= 4 is 22.7 Å². The lowest BCUT2D eigenvalue weighted by molar-refractivity contribution is -0.396. The summed E-state index contributed by atoms with van der Waals surface area (Å²) in [5, 5.41) is 45.9. The normalized spacial score (nSPS) is 22.0. The summed E-state index contributed by atoms with van der Waals surface area (Å²) in [6, 6.07) is 3.09. The first-order chi connectivity index (χ1) is 19.8. The van der Waals surface area contributed by atoms with E-state index in [0.29, 0.717) is 11.1 Å². The predicted molar refractivity (Wildman–Crippen MR) is 169 cm³/mol. The van der Waals surface area contributed by atoms with E-state index in [1.54, 1.807) is 12.1 Å². The second kappa shape index (κ2) is 10.9. The van der Waals surface area contributed by atoms with Crippen LogP contribution in [0.2, 0.25) is 0 Å². The molecule has 0 heterocycles. The summed E-state index contributed by atoms with van der Waals surface area (Å²) in [6.07, 6.45) is 1.68. The van der Waals surface area contributed by atoms with E-state index in [4.69, 9.17) is 0 Å². The first-order valence-corrected chi connectivity index (χ1v) is 14.8. The van der Waals surface area contributed by atoms with Crippen LogP contribution in [0.3, 0.4) is 0 Å². The van der Waals surface area contributed by atoms with Gasteiger partial charge in [0.2, 0.25) is 0 Å². The zero-order valence-corrected chi connectivity index (χ0v) is 27.8. The average Bonchev–Trinajstić information content (AvgIpc) is 2.85. The van der Waals surface area contributed by atoms with E-state index in [1.165, 1.54) is 13.8 Å². The van der Waals surface area contributed by atoms with Crippen molar-refractivity contribution in [1.29, 1.82) is 0 Å². The van der Waals surface area contributed by atoms with Gasteiger partial charge in [0.05, 0.1) is 19.7 Å². The lowest BCUT2D eigenvalue weighted by Crippen LogP contribution is -2.41. The largest absolute Gasteiger partial charge is 0.283 e. The Balaban J connectivity index is 0.000000240. The van der Waals surface area contributed by atoms with E-state index in [-0.39, 0.29) is 56.5 Å². The quantitative estimate of drug-likeness (QED) is 0.243. The van der Waals surface area contributed by atoms with Crippen molar-refractivity contribution in [3.8, 4) is 0 Å². The highest BCUT2D eigenvalue weighted by atomic mass is 16.6. The van der Waals surface area contributed by atoms with Gasteiger partial charge in [0.15, 0.2) is 0 Å². The first kappa shape index (κ1) is 34.5. The molecule has 2 aliphatic rings. The molecule has 0 aliphatic heterocycles. The van der Waals surface area contributed by atoms with Crippen LogP contribution < -0.4 is 0 Å². The van der Waals surface area contributed by atoms with Gasteiger partial charge in [-0.1, -0.05) is 69.2 Å². The molecule has 0 radical (unpaired) electrons. The van der Waals surface area contributed by atoms with Crippen molar-refractivity contribution in [2.45, 2.75) is 118 Å². The Morgan fingerprint density at radius 2 is 0.841 bits per heavy atom. The Hall–Kier alpha value is -3.96. The molecular weight excluding hydrogens is 568 g/mol. The Kier molecular flexibility index (Phi) is 8.54. The van der Waals surface area contributed by atoms with Crippen LogP contribution in [0, 0.1) is 66.1 Å². The molecule has 2 aliphatic carbocycles. The number of hydrogen-bond acceptors (Lipinski definition) is 8. The summed E-state index contributed by atoms with van der Waals surface area (Å²) < 4.78 is 0. The lowest BCUT2D eigenvalue weighted by Gasteiger charge is -2.45. The number of nitro groups is 4. The van der Waals surface area contributed by atoms with Gasteiger partial charge in [0.1, 0.15) is 11.1 Å². The van der Waals surface area contributed by atoms with Crippen molar-refractivity contribution in [3.05, 3.63) is 86.0 Å². The zero-order valence-electron chi connectivity index (χ0n) is 27.8. The third-order valence-corrected chi connectivity index (χ3v) is 10.7. The van der Waals surface area contributed by atoms with Gasteiger partial charge < -0.3 is 0 Å². The second-order valence-electron chi connectivity index (χ2n) is 15.0. The van der Waals surface area contributed by atoms with Crippen LogP contribution >= 0.6 is 0 Å². The van der Waals surface area contributed by atoms with Crippen LogP contribution in [0.4, 0.5) is 22.7 Å². The van der Waals surface area contributed by atoms with Crippen molar-refractivity contribution in [2.24, 2.45) is 11.8 Å². The number of fused-ring (bicyclic) bond motifs is 2. The van der Waals surface area contributed by atoms with Crippen LogP contribution in [0.1, 0.15) is 115 Å². The molecular formula is C32H44N4O8. The maximum Gasteiger partial charge on any atom is 0.283 e. The molecule has 0 aromatic heterocycles. The van der Waals surface area contributed by atoms with Crippen molar-refractivity contribution < 1.29 is 19.7 Å². The number of benzene rings is 2. The SMILES string of the molecule is Cc1c([N+](=O)[O-])cc2c(c1[N+](=O)[O-])C(C)(C)C(C)CC2(C)C.Cc1c([N+](=O)[O-])cc2c(c1[N+](=O)[O-])C(C)(C)[C@H](C)CC2(C)C. The topological polar surface area (TPSA) is 173 Å². The highest BCUT2D eigenvalue weighted by Crippen LogP contribution is 2.55. The molecule has 12 heteroatoms. The van der Waals surface area contributed by atoms with Gasteiger partial charge in [0.25, 0.3) is 22.7 Å². The molecule has 0 N–H and O–H groups in total. The van der Waals surface area contributed by atoms with Gasteiger partial charge in [0, 0.05) is 23.3 Å². The summed E-state index contributed by atoms with van der Waals surface area (Å²) in [7, 11) is 0. The van der Waals surface area contributed by atoms with Gasteiger partial charge in [-0.3, -0.25) is 40.5 Å². The van der Waals surface area contributed by atoms with E-state index in [2.05, 4.69) is 13.8 Å². The lowest BCUT2D eigenvalue weighted by atomic mass is 9.57. The van der Waals surface area contributed by atoms with E-state index < -0.39 is 30.5 Å². The smallest absolute Gasteiger partial charge is 0.258 e. The molecule has 0 spiro atoms. The van der Waals surface area contributed by atoms with Crippen molar-refractivity contribution in [3.63, 3.8) is 0 Å². The van der Waals surface area contributed by atoms with Crippen LogP contribution in [0.5, 0.6) is 0 Å². The summed E-state index contributed by atoms with van der Waals surface area (Å²) >= 11 is 0. The van der Waals surface area contributed by atoms with Crippen LogP contribution in [0.15, 0.2) is 12.1 Å². The summed E-state index contributed by atoms with van der Waals surface area (Å²) in [4.78, 5) is 43.9. The van der Waals surface area contributed by atoms with Crippen LogP contribution in [-0.2, 0) is 21.7 Å². The Morgan fingerprint density at radius 1 is 0.568 bits per heavy atom. The third kappa shape index (κ3) is 5.43. The van der Waals surface area contributed by atoms with Gasteiger partial charge in [-0.05, 0) is 71.3 Å². The molecule has 12 nitrogen and oxygen atoms in total. The average molecular weight is 613 g/mol. The van der Waals surface area contributed by atoms with Crippen LogP contribution in [0.25, 0.3) is 0 Å². The van der Waals surface area contributed by atoms with Crippen LogP contribution in [-0.4, -0.2) is 19.7 Å². The third-order valence-electron chi connectivity index (χ3n) is 10.7. The standard InChI is InChI=1S/2C16H22N2O4/c2*1-9-8-15(3,4)11-7-12(17(19)20)10(2)14(18(21)22)13(11)16(9,5)6/h2*7,9H,8H2,1-6H3/t9-;/m1./s1. The minimum atomic E-state index is -0.524. The molecule has 1 unspecified atom stereocenters. The summed E-state index contributed by atoms with van der Waals surface area (Å²) in [6.45, 7) is 23.1. The second-order valence-corrected chi connectivity index (χ2v) is 15.0. The van der Waals surface area contributed by atoms with E-state index >= 15 is 0 Å². The monoisotopic (exact) mass is 612 g/mol. The number of rotatable bonds is 4. The maximum absolute atomic E-state index is 11.7. The molecule has 0 amide bonds. The fraction of sp³-hybridized carbons (Fsp3) is 0.625. The number of nitrogens with zero attached hydrogens (tertiary/aromatic N) is 4. The van der Waals surface area contributed by atoms with Gasteiger partial charge in [-0.25, -0.2) is 0 Å². The molecule has 2 atom stereocenters. The van der Waals surface area contributed by atoms with E-state index in [9.17, 15) is 40.5 Å². The fourth-order valence-corrected chi connectivity index (χ4v) is 7.47. The molecule has 44 heavy (non-hydrogen) atoms. The Labute approximate surface area is 257 Å². The molecule has 2 aromatic carbocycles. The predicted octanol–water partition coefficient (Wildman–Crippen LogP) is 8.81. The number of nitro benzene ring substituents is 4. The summed E-state index contributed by atoms with van der Waals surface area (Å²) in [5.74, 6) is 0.490. The minimum Gasteiger partial charge on any atom is -0.258 e. The molecule has 0 fully saturated rings. The van der Waals surface area contributed by atoms with Crippen molar-refractivity contribution in [2.75, 3.05) is 0 Å². The molecule has 2 aromatic rings.